The van der Waals surface area contributed by atoms with Gasteiger partial charge >= 0.3 is 5.82 Å². The highest BCUT2D eigenvalue weighted by Crippen LogP contribution is 2.35. The number of pyridine rings is 1. The molecule has 2 aliphatic heterocycles. The minimum absolute atomic E-state index is 0.168. The van der Waals surface area contributed by atoms with Crippen LogP contribution >= 0.6 is 0 Å². The van der Waals surface area contributed by atoms with E-state index in [2.05, 4.69) is 10.3 Å². The van der Waals surface area contributed by atoms with Crippen molar-refractivity contribution in [1.82, 2.24) is 10.3 Å². The highest BCUT2D eigenvalue weighted by Gasteiger charge is 2.39. The quantitative estimate of drug-likeness (QED) is 0.667. The van der Waals surface area contributed by atoms with Crippen LogP contribution in [0.4, 0.5) is 11.6 Å². The van der Waals surface area contributed by atoms with Gasteiger partial charge in [-0.05, 0) is 54.2 Å². The summed E-state index contributed by atoms with van der Waals surface area (Å²) in [5.41, 5.74) is 0. The largest absolute Gasteiger partial charge is 0.474 e. The minimum Gasteiger partial charge on any atom is -0.474 e. The molecule has 0 spiro atoms. The molecule has 0 radical (unpaired) electrons. The van der Waals surface area contributed by atoms with Gasteiger partial charge in [0, 0.05) is 12.6 Å². The Bertz CT molecular complexity index is 615. The number of nitro groups is 1. The number of piperidine rings is 1. The fourth-order valence-corrected chi connectivity index (χ4v) is 3.07. The molecule has 1 N–H and O–H groups in total. The van der Waals surface area contributed by atoms with Gasteiger partial charge in [-0.3, -0.25) is 9.69 Å². The summed E-state index contributed by atoms with van der Waals surface area (Å²) in [5, 5.41) is 14.3. The standard InChI is InChI=1S/C15H20N4O4/c1-2-11-15(20)18(9-10-4-3-7-16-8-10)14-12(23-11)5-6-13(17-14)19(21)22/h5-6,10-11,16H,2-4,7-9H2,1H3. The Morgan fingerprint density at radius 1 is 1.52 bits per heavy atom. The van der Waals surface area contributed by atoms with Crippen LogP contribution in [-0.2, 0) is 4.79 Å². The number of nitrogens with one attached hydrogen (secondary N) is 1. The lowest BCUT2D eigenvalue weighted by Crippen LogP contribution is -2.49. The van der Waals surface area contributed by atoms with Gasteiger partial charge in [0.05, 0.1) is 0 Å². The van der Waals surface area contributed by atoms with Crippen LogP contribution in [0.15, 0.2) is 12.1 Å². The number of nitrogens with zero attached hydrogens (tertiary/aromatic N) is 3. The first-order valence-corrected chi connectivity index (χ1v) is 7.94. The minimum atomic E-state index is -0.559. The molecule has 2 unspecified atom stereocenters. The van der Waals surface area contributed by atoms with Crippen LogP contribution in [0.3, 0.4) is 0 Å². The Balaban J connectivity index is 1.93. The molecule has 2 aliphatic rings. The van der Waals surface area contributed by atoms with Crippen LogP contribution in [0.1, 0.15) is 26.2 Å². The number of carbonyl (C=O) groups is 1. The van der Waals surface area contributed by atoms with E-state index in [1.165, 1.54) is 12.1 Å². The van der Waals surface area contributed by atoms with E-state index in [0.717, 1.165) is 25.9 Å². The Labute approximate surface area is 134 Å². The van der Waals surface area contributed by atoms with Gasteiger partial charge in [0.25, 0.3) is 11.7 Å². The summed E-state index contributed by atoms with van der Waals surface area (Å²) >= 11 is 0. The van der Waals surface area contributed by atoms with Crippen molar-refractivity contribution >= 4 is 17.5 Å². The number of rotatable bonds is 4. The smallest absolute Gasteiger partial charge is 0.366 e. The highest BCUT2D eigenvalue weighted by molar-refractivity contribution is 5.99. The van der Waals surface area contributed by atoms with Gasteiger partial charge in [0.2, 0.25) is 0 Å². The molecule has 8 nitrogen and oxygen atoms in total. The number of hydrogen-bond acceptors (Lipinski definition) is 6. The van der Waals surface area contributed by atoms with Gasteiger partial charge in [-0.2, -0.15) is 0 Å². The third-order valence-corrected chi connectivity index (χ3v) is 4.29. The number of fused-ring (bicyclic) bond motifs is 1. The van der Waals surface area contributed by atoms with E-state index in [1.807, 2.05) is 6.92 Å². The summed E-state index contributed by atoms with van der Waals surface area (Å²) in [6.45, 7) is 4.22. The van der Waals surface area contributed by atoms with Crippen molar-refractivity contribution in [3.63, 3.8) is 0 Å². The molecule has 3 heterocycles. The van der Waals surface area contributed by atoms with Gasteiger partial charge in [-0.15, -0.1) is 0 Å². The molecule has 23 heavy (non-hydrogen) atoms. The fraction of sp³-hybridized carbons (Fsp3) is 0.600. The predicted molar refractivity (Wildman–Crippen MR) is 83.5 cm³/mol. The van der Waals surface area contributed by atoms with E-state index in [1.54, 1.807) is 4.90 Å². The van der Waals surface area contributed by atoms with Crippen molar-refractivity contribution in [2.24, 2.45) is 5.92 Å². The zero-order valence-corrected chi connectivity index (χ0v) is 13.0. The Kier molecular flexibility index (Phi) is 4.42. The van der Waals surface area contributed by atoms with Crippen molar-refractivity contribution in [2.75, 3.05) is 24.5 Å². The lowest BCUT2D eigenvalue weighted by atomic mass is 9.98. The molecule has 1 amide bonds. The summed E-state index contributed by atoms with van der Waals surface area (Å²) in [4.78, 5) is 28.7. The van der Waals surface area contributed by atoms with Crippen LogP contribution in [0.25, 0.3) is 0 Å². The number of aromatic nitrogens is 1. The van der Waals surface area contributed by atoms with Crippen LogP contribution < -0.4 is 15.0 Å². The van der Waals surface area contributed by atoms with E-state index in [4.69, 9.17) is 4.74 Å². The molecule has 1 aromatic rings. The molecule has 1 saturated heterocycles. The zero-order valence-electron chi connectivity index (χ0n) is 13.0. The molecule has 0 aliphatic carbocycles. The molecule has 0 aromatic carbocycles. The van der Waals surface area contributed by atoms with Crippen molar-refractivity contribution in [3.8, 4) is 5.75 Å². The summed E-state index contributed by atoms with van der Waals surface area (Å²) in [5.74, 6) is 0.572. The lowest BCUT2D eigenvalue weighted by molar-refractivity contribution is -0.389. The van der Waals surface area contributed by atoms with Gasteiger partial charge in [0.1, 0.15) is 0 Å². The number of anilines is 1. The summed E-state index contributed by atoms with van der Waals surface area (Å²) in [6, 6.07) is 2.84. The van der Waals surface area contributed by atoms with Gasteiger partial charge < -0.3 is 20.2 Å². The second kappa shape index (κ2) is 6.49. The maximum Gasteiger partial charge on any atom is 0.366 e. The van der Waals surface area contributed by atoms with Crippen molar-refractivity contribution in [3.05, 3.63) is 22.2 Å². The molecule has 1 aromatic heterocycles. The van der Waals surface area contributed by atoms with Crippen LogP contribution in [-0.4, -0.2) is 41.6 Å². The first-order chi connectivity index (χ1) is 11.1. The molecule has 3 rings (SSSR count). The summed E-state index contributed by atoms with van der Waals surface area (Å²) in [7, 11) is 0. The maximum absolute atomic E-state index is 12.6. The maximum atomic E-state index is 12.6. The number of ether oxygens (including phenoxy) is 1. The molecule has 0 saturated carbocycles. The Hall–Kier alpha value is -2.22. The van der Waals surface area contributed by atoms with Crippen molar-refractivity contribution in [1.29, 1.82) is 0 Å². The molecular formula is C15H20N4O4. The molecule has 0 bridgehead atoms. The normalized spacial score (nSPS) is 24.0. The average molecular weight is 320 g/mol. The second-order valence-electron chi connectivity index (χ2n) is 5.92. The number of amides is 1. The lowest BCUT2D eigenvalue weighted by Gasteiger charge is -2.34. The van der Waals surface area contributed by atoms with Crippen molar-refractivity contribution in [2.45, 2.75) is 32.3 Å². The SMILES string of the molecule is CCC1Oc2ccc([N+](=O)[O-])nc2N(CC2CCCNC2)C1=O. The van der Waals surface area contributed by atoms with E-state index in [0.29, 0.717) is 24.6 Å². The Morgan fingerprint density at radius 3 is 3.00 bits per heavy atom. The monoisotopic (exact) mass is 320 g/mol. The van der Waals surface area contributed by atoms with Gasteiger partial charge in [0.15, 0.2) is 11.9 Å². The molecule has 1 fully saturated rings. The summed E-state index contributed by atoms with van der Waals surface area (Å²) in [6.07, 6.45) is 2.09. The predicted octanol–water partition coefficient (Wildman–Crippen LogP) is 1.49. The van der Waals surface area contributed by atoms with Crippen LogP contribution in [0.5, 0.6) is 5.75 Å². The first-order valence-electron chi connectivity index (χ1n) is 7.94. The van der Waals surface area contributed by atoms with Gasteiger partial charge in [-0.1, -0.05) is 6.92 Å². The average Bonchev–Trinajstić information content (AvgIpc) is 2.57. The first kappa shape index (κ1) is 15.7. The van der Waals surface area contributed by atoms with E-state index >= 15 is 0 Å². The Morgan fingerprint density at radius 2 is 2.35 bits per heavy atom. The van der Waals surface area contributed by atoms with Crippen molar-refractivity contribution < 1.29 is 14.5 Å². The molecule has 124 valence electrons. The topological polar surface area (TPSA) is 97.6 Å². The molecule has 2 atom stereocenters. The molecule has 8 heteroatoms. The number of hydrogen-bond donors (Lipinski definition) is 1. The third kappa shape index (κ3) is 3.12. The van der Waals surface area contributed by atoms with E-state index in [-0.39, 0.29) is 17.5 Å². The fourth-order valence-electron chi connectivity index (χ4n) is 3.07. The zero-order chi connectivity index (χ0) is 16.4. The third-order valence-electron chi connectivity index (χ3n) is 4.29. The molecular weight excluding hydrogens is 300 g/mol. The highest BCUT2D eigenvalue weighted by atomic mass is 16.6. The van der Waals surface area contributed by atoms with Crippen LogP contribution in [0, 0.1) is 16.0 Å². The van der Waals surface area contributed by atoms with Crippen LogP contribution in [0.2, 0.25) is 0 Å². The van der Waals surface area contributed by atoms with E-state index in [9.17, 15) is 14.9 Å². The number of carbonyl (C=O) groups excluding carboxylic acids is 1. The van der Waals surface area contributed by atoms with E-state index < -0.39 is 11.0 Å². The van der Waals surface area contributed by atoms with Gasteiger partial charge in [-0.25, -0.2) is 0 Å². The second-order valence-corrected chi connectivity index (χ2v) is 5.92. The summed E-state index contributed by atoms with van der Waals surface area (Å²) < 4.78 is 5.66.